The van der Waals surface area contributed by atoms with E-state index in [2.05, 4.69) is 15.6 Å². The van der Waals surface area contributed by atoms with Crippen LogP contribution in [0.15, 0.2) is 6.20 Å². The second kappa shape index (κ2) is 5.07. The van der Waals surface area contributed by atoms with Gasteiger partial charge in [0.05, 0.1) is 18.8 Å². The molecule has 0 atom stereocenters. The first-order chi connectivity index (χ1) is 7.83. The molecule has 88 valence electrons. The predicted molar refractivity (Wildman–Crippen MR) is 57.1 cm³/mol. The molecule has 1 aromatic rings. The van der Waals surface area contributed by atoms with Crippen LogP contribution in [0.4, 0.5) is 0 Å². The lowest BCUT2D eigenvalue weighted by Gasteiger charge is -2.23. The van der Waals surface area contributed by atoms with E-state index in [1.807, 2.05) is 0 Å². The fourth-order valence-corrected chi connectivity index (χ4v) is 1.92. The topological polar surface area (TPSA) is 69.0 Å². The number of ether oxygens (including phenoxy) is 1. The van der Waals surface area contributed by atoms with Gasteiger partial charge in [-0.05, 0) is 32.9 Å². The molecule has 1 aliphatic rings. The zero-order valence-electron chi connectivity index (χ0n) is 9.35. The fraction of sp³-hybridized carbons (Fsp3) is 0.700. The summed E-state index contributed by atoms with van der Waals surface area (Å²) in [5.41, 5.74) is 0.453. The summed E-state index contributed by atoms with van der Waals surface area (Å²) in [6.45, 7) is 4.06. The Labute approximate surface area is 94.0 Å². The molecule has 2 rings (SSSR count). The SMILES string of the molecule is CCOC(=O)c1cnnn1C1CCNCC1. The number of hydrogen-bond acceptors (Lipinski definition) is 5. The van der Waals surface area contributed by atoms with Crippen molar-refractivity contribution in [3.8, 4) is 0 Å². The van der Waals surface area contributed by atoms with Crippen LogP contribution < -0.4 is 5.32 Å². The monoisotopic (exact) mass is 224 g/mol. The molecule has 0 unspecified atom stereocenters. The van der Waals surface area contributed by atoms with E-state index in [-0.39, 0.29) is 12.0 Å². The van der Waals surface area contributed by atoms with E-state index in [1.54, 1.807) is 11.6 Å². The lowest BCUT2D eigenvalue weighted by atomic mass is 10.1. The van der Waals surface area contributed by atoms with Crippen LogP contribution in [0.5, 0.6) is 0 Å². The minimum atomic E-state index is -0.342. The van der Waals surface area contributed by atoms with Gasteiger partial charge in [-0.3, -0.25) is 0 Å². The van der Waals surface area contributed by atoms with Gasteiger partial charge >= 0.3 is 5.97 Å². The number of nitrogens with zero attached hydrogens (tertiary/aromatic N) is 3. The van der Waals surface area contributed by atoms with E-state index in [9.17, 15) is 4.79 Å². The van der Waals surface area contributed by atoms with Gasteiger partial charge in [0.15, 0.2) is 5.69 Å². The maximum Gasteiger partial charge on any atom is 0.358 e. The molecule has 1 aliphatic heterocycles. The van der Waals surface area contributed by atoms with Crippen LogP contribution in [0.25, 0.3) is 0 Å². The summed E-state index contributed by atoms with van der Waals surface area (Å²) in [4.78, 5) is 11.6. The second-order valence-electron chi connectivity index (χ2n) is 3.77. The van der Waals surface area contributed by atoms with Crippen molar-refractivity contribution in [3.05, 3.63) is 11.9 Å². The molecule has 0 radical (unpaired) electrons. The van der Waals surface area contributed by atoms with Gasteiger partial charge in [-0.15, -0.1) is 5.10 Å². The van der Waals surface area contributed by atoms with Crippen molar-refractivity contribution in [1.29, 1.82) is 0 Å². The van der Waals surface area contributed by atoms with Gasteiger partial charge < -0.3 is 10.1 Å². The molecule has 0 spiro atoms. The standard InChI is InChI=1S/C10H16N4O2/c1-2-16-10(15)9-7-12-13-14(9)8-3-5-11-6-4-8/h7-8,11H,2-6H2,1H3. The van der Waals surface area contributed by atoms with Gasteiger partial charge in [0, 0.05) is 0 Å². The molecular formula is C10H16N4O2. The van der Waals surface area contributed by atoms with Crippen LogP contribution in [0.1, 0.15) is 36.3 Å². The summed E-state index contributed by atoms with van der Waals surface area (Å²) in [5.74, 6) is -0.342. The Morgan fingerprint density at radius 3 is 3.06 bits per heavy atom. The van der Waals surface area contributed by atoms with Crippen LogP contribution in [0, 0.1) is 0 Å². The summed E-state index contributed by atoms with van der Waals surface area (Å²) < 4.78 is 6.66. The molecule has 1 fully saturated rings. The summed E-state index contributed by atoms with van der Waals surface area (Å²) in [7, 11) is 0. The van der Waals surface area contributed by atoms with Gasteiger partial charge in [-0.1, -0.05) is 5.21 Å². The number of esters is 1. The number of carbonyl (C=O) groups is 1. The highest BCUT2D eigenvalue weighted by Crippen LogP contribution is 2.19. The van der Waals surface area contributed by atoms with Crippen molar-refractivity contribution < 1.29 is 9.53 Å². The summed E-state index contributed by atoms with van der Waals surface area (Å²) in [6.07, 6.45) is 3.41. The van der Waals surface area contributed by atoms with Crippen molar-refractivity contribution in [2.24, 2.45) is 0 Å². The third-order valence-electron chi connectivity index (χ3n) is 2.71. The first-order valence-corrected chi connectivity index (χ1v) is 5.61. The predicted octanol–water partition coefficient (Wildman–Crippen LogP) is 0.379. The molecule has 6 heteroatoms. The molecule has 0 saturated carbocycles. The van der Waals surface area contributed by atoms with Crippen LogP contribution in [-0.4, -0.2) is 40.7 Å². The fourth-order valence-electron chi connectivity index (χ4n) is 1.92. The number of nitrogens with one attached hydrogen (secondary N) is 1. The number of carbonyl (C=O) groups excluding carboxylic acids is 1. The smallest absolute Gasteiger partial charge is 0.358 e. The third kappa shape index (κ3) is 2.21. The molecule has 1 N–H and O–H groups in total. The Bertz CT molecular complexity index is 357. The molecule has 1 saturated heterocycles. The number of hydrogen-bond donors (Lipinski definition) is 1. The number of aromatic nitrogens is 3. The maximum atomic E-state index is 11.6. The zero-order chi connectivity index (χ0) is 11.4. The summed E-state index contributed by atoms with van der Waals surface area (Å²) in [6, 6.07) is 0.253. The average molecular weight is 224 g/mol. The molecule has 1 aromatic heterocycles. The molecule has 16 heavy (non-hydrogen) atoms. The Kier molecular flexibility index (Phi) is 3.51. The van der Waals surface area contributed by atoms with Crippen molar-refractivity contribution in [2.75, 3.05) is 19.7 Å². The average Bonchev–Trinajstić information content (AvgIpc) is 2.79. The first-order valence-electron chi connectivity index (χ1n) is 5.61. The second-order valence-corrected chi connectivity index (χ2v) is 3.77. The van der Waals surface area contributed by atoms with E-state index >= 15 is 0 Å². The molecule has 0 bridgehead atoms. The van der Waals surface area contributed by atoms with Crippen LogP contribution in [0.2, 0.25) is 0 Å². The van der Waals surface area contributed by atoms with Crippen LogP contribution in [0.3, 0.4) is 0 Å². The number of rotatable bonds is 3. The molecule has 6 nitrogen and oxygen atoms in total. The van der Waals surface area contributed by atoms with Crippen molar-refractivity contribution in [1.82, 2.24) is 20.3 Å². The molecule has 0 aromatic carbocycles. The third-order valence-corrected chi connectivity index (χ3v) is 2.71. The molecular weight excluding hydrogens is 208 g/mol. The van der Waals surface area contributed by atoms with Crippen LogP contribution in [-0.2, 0) is 4.74 Å². The van der Waals surface area contributed by atoms with E-state index in [1.165, 1.54) is 6.20 Å². The quantitative estimate of drug-likeness (QED) is 0.752. The Morgan fingerprint density at radius 1 is 1.62 bits per heavy atom. The zero-order valence-corrected chi connectivity index (χ0v) is 9.35. The summed E-state index contributed by atoms with van der Waals surface area (Å²) in [5, 5.41) is 11.0. The van der Waals surface area contributed by atoms with Gasteiger partial charge in [0.2, 0.25) is 0 Å². The van der Waals surface area contributed by atoms with Gasteiger partial charge in [0.1, 0.15) is 0 Å². The van der Waals surface area contributed by atoms with Gasteiger partial charge in [-0.2, -0.15) is 0 Å². The molecule has 2 heterocycles. The van der Waals surface area contributed by atoms with Crippen LogP contribution >= 0.6 is 0 Å². The van der Waals surface area contributed by atoms with Crippen molar-refractivity contribution in [3.63, 3.8) is 0 Å². The lowest BCUT2D eigenvalue weighted by Crippen LogP contribution is -2.31. The van der Waals surface area contributed by atoms with Gasteiger partial charge in [0.25, 0.3) is 0 Å². The first kappa shape index (κ1) is 11.1. The van der Waals surface area contributed by atoms with E-state index in [0.717, 1.165) is 25.9 Å². The normalized spacial score (nSPS) is 17.3. The lowest BCUT2D eigenvalue weighted by molar-refractivity contribution is 0.0507. The highest BCUT2D eigenvalue weighted by molar-refractivity contribution is 5.87. The minimum Gasteiger partial charge on any atom is -0.461 e. The summed E-state index contributed by atoms with van der Waals surface area (Å²) >= 11 is 0. The Morgan fingerprint density at radius 2 is 2.38 bits per heavy atom. The van der Waals surface area contributed by atoms with E-state index in [0.29, 0.717) is 12.3 Å². The van der Waals surface area contributed by atoms with Gasteiger partial charge in [-0.25, -0.2) is 9.48 Å². The maximum absolute atomic E-state index is 11.6. The van der Waals surface area contributed by atoms with E-state index < -0.39 is 0 Å². The highest BCUT2D eigenvalue weighted by atomic mass is 16.5. The van der Waals surface area contributed by atoms with E-state index in [4.69, 9.17) is 4.74 Å². The Balaban J connectivity index is 2.14. The van der Waals surface area contributed by atoms with Crippen molar-refractivity contribution in [2.45, 2.75) is 25.8 Å². The minimum absolute atomic E-state index is 0.253. The number of piperidine rings is 1. The largest absolute Gasteiger partial charge is 0.461 e. The van der Waals surface area contributed by atoms with Crippen molar-refractivity contribution >= 4 is 5.97 Å². The Hall–Kier alpha value is -1.43. The molecule has 0 aliphatic carbocycles. The highest BCUT2D eigenvalue weighted by Gasteiger charge is 2.22. The molecule has 0 amide bonds.